The molecule has 0 aromatic carbocycles. The molecule has 0 saturated heterocycles. The van der Waals surface area contributed by atoms with Crippen molar-refractivity contribution in [3.05, 3.63) is 0 Å². The fraction of sp³-hybridized carbons (Fsp3) is 0.882. The lowest BCUT2D eigenvalue weighted by Crippen LogP contribution is -1.97. The Morgan fingerprint density at radius 2 is 1.28 bits per heavy atom. The minimum atomic E-state index is -0.135. The van der Waals surface area contributed by atoms with Crippen LogP contribution in [0.25, 0.3) is 0 Å². The highest BCUT2D eigenvalue weighted by atomic mass is 16.3. The fourth-order valence-electron chi connectivity index (χ4n) is 2.00. The van der Waals surface area contributed by atoms with Gasteiger partial charge in [0.25, 0.3) is 0 Å². The van der Waals surface area contributed by atoms with E-state index >= 15 is 0 Å². The first kappa shape index (κ1) is 17.5. The molecular weight excluding hydrogens is 220 g/mol. The maximum atomic E-state index is 9.10. The molecule has 0 radical (unpaired) electrons. The standard InChI is InChI=1S/C17H32O/c1-3-4-5-6-7-8-9-10-11-12-13-14-15-16-17(2)18/h17-18H,3-9,12-16H2,1-2H3/t17-/m1/s1. The van der Waals surface area contributed by atoms with E-state index in [1.165, 1.54) is 51.4 Å². The zero-order chi connectivity index (χ0) is 13.5. The second-order valence-electron chi connectivity index (χ2n) is 5.32. The van der Waals surface area contributed by atoms with Gasteiger partial charge in [0.05, 0.1) is 6.10 Å². The van der Waals surface area contributed by atoms with E-state index in [1.807, 2.05) is 6.92 Å². The third-order valence-corrected chi connectivity index (χ3v) is 3.20. The summed E-state index contributed by atoms with van der Waals surface area (Å²) in [5.41, 5.74) is 0. The smallest absolute Gasteiger partial charge is 0.0512 e. The quantitative estimate of drug-likeness (QED) is 0.402. The highest BCUT2D eigenvalue weighted by Gasteiger charge is 1.94. The molecule has 0 bridgehead atoms. The average Bonchev–Trinajstić information content (AvgIpc) is 2.34. The van der Waals surface area contributed by atoms with E-state index in [1.54, 1.807) is 0 Å². The Labute approximate surface area is 114 Å². The summed E-state index contributed by atoms with van der Waals surface area (Å²) in [6, 6.07) is 0. The van der Waals surface area contributed by atoms with Gasteiger partial charge in [-0.1, -0.05) is 51.9 Å². The maximum absolute atomic E-state index is 9.10. The summed E-state index contributed by atoms with van der Waals surface area (Å²) >= 11 is 0. The van der Waals surface area contributed by atoms with Crippen LogP contribution in [-0.4, -0.2) is 11.2 Å². The Morgan fingerprint density at radius 1 is 0.778 bits per heavy atom. The highest BCUT2D eigenvalue weighted by molar-refractivity contribution is 4.98. The predicted molar refractivity (Wildman–Crippen MR) is 80.5 cm³/mol. The van der Waals surface area contributed by atoms with Crippen LogP contribution in [0.1, 0.15) is 90.9 Å². The lowest BCUT2D eigenvalue weighted by atomic mass is 10.1. The molecule has 0 fully saturated rings. The molecule has 106 valence electrons. The van der Waals surface area contributed by atoms with Gasteiger partial charge in [0.1, 0.15) is 0 Å². The molecule has 0 aromatic rings. The Kier molecular flexibility index (Phi) is 14.2. The molecule has 18 heavy (non-hydrogen) atoms. The molecule has 1 atom stereocenters. The van der Waals surface area contributed by atoms with Crippen molar-refractivity contribution < 1.29 is 5.11 Å². The van der Waals surface area contributed by atoms with Crippen molar-refractivity contribution in [2.24, 2.45) is 0 Å². The van der Waals surface area contributed by atoms with Crippen molar-refractivity contribution in [3.8, 4) is 11.8 Å². The highest BCUT2D eigenvalue weighted by Crippen LogP contribution is 2.07. The van der Waals surface area contributed by atoms with Crippen LogP contribution in [0, 0.1) is 11.8 Å². The molecule has 1 N–H and O–H groups in total. The summed E-state index contributed by atoms with van der Waals surface area (Å²) in [6.45, 7) is 4.12. The van der Waals surface area contributed by atoms with Crippen molar-refractivity contribution in [3.63, 3.8) is 0 Å². The van der Waals surface area contributed by atoms with Gasteiger partial charge in [-0.2, -0.15) is 0 Å². The van der Waals surface area contributed by atoms with E-state index < -0.39 is 0 Å². The van der Waals surface area contributed by atoms with E-state index in [0.29, 0.717) is 0 Å². The molecule has 1 heteroatoms. The number of rotatable bonds is 11. The summed E-state index contributed by atoms with van der Waals surface area (Å²) in [5.74, 6) is 6.54. The van der Waals surface area contributed by atoms with Crippen LogP contribution in [0.3, 0.4) is 0 Å². The zero-order valence-corrected chi connectivity index (χ0v) is 12.5. The van der Waals surface area contributed by atoms with E-state index in [4.69, 9.17) is 5.11 Å². The topological polar surface area (TPSA) is 20.2 Å². The van der Waals surface area contributed by atoms with E-state index in [0.717, 1.165) is 25.7 Å². The lowest BCUT2D eigenvalue weighted by molar-refractivity contribution is 0.180. The van der Waals surface area contributed by atoms with Gasteiger partial charge < -0.3 is 5.11 Å². The van der Waals surface area contributed by atoms with Crippen LogP contribution < -0.4 is 0 Å². The second kappa shape index (κ2) is 14.6. The molecule has 0 spiro atoms. The van der Waals surface area contributed by atoms with Crippen LogP contribution in [0.2, 0.25) is 0 Å². The van der Waals surface area contributed by atoms with Crippen molar-refractivity contribution in [1.29, 1.82) is 0 Å². The van der Waals surface area contributed by atoms with Gasteiger partial charge >= 0.3 is 0 Å². The first-order chi connectivity index (χ1) is 8.77. The summed E-state index contributed by atoms with van der Waals surface area (Å²) in [7, 11) is 0. The summed E-state index contributed by atoms with van der Waals surface area (Å²) in [5, 5.41) is 9.10. The molecule has 0 saturated carbocycles. The van der Waals surface area contributed by atoms with Crippen LogP contribution in [-0.2, 0) is 0 Å². The SMILES string of the molecule is CCCCCCCCC#CCCCCC[C@@H](C)O. The first-order valence-corrected chi connectivity index (χ1v) is 7.91. The van der Waals surface area contributed by atoms with Gasteiger partial charge in [0.2, 0.25) is 0 Å². The van der Waals surface area contributed by atoms with Gasteiger partial charge in [0, 0.05) is 12.8 Å². The minimum Gasteiger partial charge on any atom is -0.393 e. The summed E-state index contributed by atoms with van der Waals surface area (Å²) < 4.78 is 0. The third-order valence-electron chi connectivity index (χ3n) is 3.20. The van der Waals surface area contributed by atoms with Crippen LogP contribution in [0.5, 0.6) is 0 Å². The molecule has 0 aromatic heterocycles. The Bertz CT molecular complexity index is 209. The van der Waals surface area contributed by atoms with E-state index in [9.17, 15) is 0 Å². The van der Waals surface area contributed by atoms with Crippen LogP contribution in [0.15, 0.2) is 0 Å². The molecule has 1 nitrogen and oxygen atoms in total. The lowest BCUT2D eigenvalue weighted by Gasteiger charge is -2.01. The van der Waals surface area contributed by atoms with Gasteiger partial charge in [-0.25, -0.2) is 0 Å². The molecule has 0 heterocycles. The van der Waals surface area contributed by atoms with Crippen molar-refractivity contribution in [1.82, 2.24) is 0 Å². The Morgan fingerprint density at radius 3 is 1.83 bits per heavy atom. The Hall–Kier alpha value is -0.480. The minimum absolute atomic E-state index is 0.135. The largest absolute Gasteiger partial charge is 0.393 e. The van der Waals surface area contributed by atoms with Crippen LogP contribution >= 0.6 is 0 Å². The first-order valence-electron chi connectivity index (χ1n) is 7.91. The van der Waals surface area contributed by atoms with Crippen LogP contribution in [0.4, 0.5) is 0 Å². The normalized spacial score (nSPS) is 11.9. The van der Waals surface area contributed by atoms with Crippen molar-refractivity contribution in [2.75, 3.05) is 0 Å². The number of aliphatic hydroxyl groups is 1. The van der Waals surface area contributed by atoms with Gasteiger partial charge in [0.15, 0.2) is 0 Å². The van der Waals surface area contributed by atoms with Gasteiger partial charge in [-0.15, -0.1) is 11.8 Å². The number of aliphatic hydroxyl groups excluding tert-OH is 1. The number of unbranched alkanes of at least 4 members (excludes halogenated alkanes) is 9. The van der Waals surface area contributed by atoms with E-state index in [2.05, 4.69) is 18.8 Å². The second-order valence-corrected chi connectivity index (χ2v) is 5.32. The maximum Gasteiger partial charge on any atom is 0.0512 e. The van der Waals surface area contributed by atoms with Gasteiger partial charge in [-0.3, -0.25) is 0 Å². The monoisotopic (exact) mass is 252 g/mol. The third kappa shape index (κ3) is 15.5. The number of hydrogen-bond acceptors (Lipinski definition) is 1. The molecule has 0 aliphatic carbocycles. The fourth-order valence-corrected chi connectivity index (χ4v) is 2.00. The Balaban J connectivity index is 3.10. The summed E-state index contributed by atoms with van der Waals surface area (Å²) in [4.78, 5) is 0. The van der Waals surface area contributed by atoms with Crippen molar-refractivity contribution in [2.45, 2.75) is 97.0 Å². The molecule has 0 rings (SSSR count). The summed E-state index contributed by atoms with van der Waals surface area (Å²) in [6.07, 6.45) is 14.6. The molecule has 0 amide bonds. The predicted octanol–water partition coefficient (Wildman–Crippen LogP) is 5.07. The zero-order valence-electron chi connectivity index (χ0n) is 12.5. The molecular formula is C17H32O. The van der Waals surface area contributed by atoms with Crippen molar-refractivity contribution >= 4 is 0 Å². The number of hydrogen-bond donors (Lipinski definition) is 1. The molecule has 0 unspecified atom stereocenters. The molecule has 0 aliphatic rings. The van der Waals surface area contributed by atoms with E-state index in [-0.39, 0.29) is 6.10 Å². The average molecular weight is 252 g/mol. The molecule has 0 aliphatic heterocycles. The van der Waals surface area contributed by atoms with Gasteiger partial charge in [-0.05, 0) is 26.2 Å².